The Hall–Kier alpha value is -6.20. The van der Waals surface area contributed by atoms with Crippen LogP contribution in [0.5, 0.6) is 0 Å². The van der Waals surface area contributed by atoms with Crippen LogP contribution in [0, 0.1) is 0 Å². The first kappa shape index (κ1) is 69.8. The van der Waals surface area contributed by atoms with E-state index in [-0.39, 0.29) is 12.8 Å². The van der Waals surface area contributed by atoms with Gasteiger partial charge in [0.2, 0.25) is 0 Å². The maximum atomic E-state index is 12.7. The van der Waals surface area contributed by atoms with Gasteiger partial charge in [-0.2, -0.15) is 0 Å². The Labute approximate surface area is 457 Å². The average molecular weight is 1060 g/mol. The van der Waals surface area contributed by atoms with E-state index >= 15 is 0 Å². The van der Waals surface area contributed by atoms with Crippen molar-refractivity contribution in [1.29, 1.82) is 0 Å². The van der Waals surface area contributed by atoms with E-state index in [1.54, 1.807) is 18.2 Å². The predicted molar refractivity (Wildman–Crippen MR) is 317 cm³/mol. The molecule has 11 nitrogen and oxygen atoms in total. The lowest BCUT2D eigenvalue weighted by molar-refractivity contribution is -0.160. The van der Waals surface area contributed by atoms with Crippen molar-refractivity contribution in [2.45, 2.75) is 142 Å². The summed E-state index contributed by atoms with van der Waals surface area (Å²) in [6, 6.07) is -1.56. The molecular formula is C64H90NO10P. The minimum atomic E-state index is -4.79. The van der Waals surface area contributed by atoms with Crippen LogP contribution in [-0.4, -0.2) is 59.9 Å². The topological polar surface area (TPSA) is 172 Å². The highest BCUT2D eigenvalue weighted by molar-refractivity contribution is 7.47. The lowest BCUT2D eigenvalue weighted by Gasteiger charge is -2.20. The minimum absolute atomic E-state index is 0.0502. The van der Waals surface area contributed by atoms with E-state index in [2.05, 4.69) is 175 Å². The van der Waals surface area contributed by atoms with Crippen LogP contribution in [0.1, 0.15) is 129 Å². The number of esters is 2. The molecule has 0 aliphatic heterocycles. The highest BCUT2D eigenvalue weighted by Gasteiger charge is 2.28. The van der Waals surface area contributed by atoms with Crippen LogP contribution in [0.4, 0.5) is 0 Å². The molecule has 0 aromatic rings. The number of hydrogen-bond donors (Lipinski definition) is 3. The van der Waals surface area contributed by atoms with Gasteiger partial charge in [0, 0.05) is 0 Å². The number of ether oxygens (including phenoxy) is 2. The van der Waals surface area contributed by atoms with Gasteiger partial charge in [0.05, 0.1) is 26.1 Å². The number of phosphoric ester groups is 1. The lowest BCUT2D eigenvalue weighted by atomic mass is 10.2. The van der Waals surface area contributed by atoms with Crippen molar-refractivity contribution in [2.75, 3.05) is 19.8 Å². The molecule has 0 fully saturated rings. The molecule has 12 heteroatoms. The number of nitrogens with two attached hydrogens (primary N) is 1. The standard InChI is InChI=1S/C64H90NO10P/c1-3-5-7-9-11-13-15-17-19-21-23-25-27-29-31-33-35-37-39-41-43-45-47-49-51-53-55-62(66)72-57-60(58-73-76(70,71)74-59-61(65)64(68)69)75-63(67)56-54-52-50-48-46-44-42-40-38-36-34-32-30-28-26-24-22-20-18-16-14-12-10-8-6-4-2/h3-6,9-12,15-18,21-24,27-30,33-36,39-42,45-48,51-54,60-61H,7-8,13-14,19-20,25-26,31-32,37-38,43-44,49-50,55-59,65H2,1-2H3,(H,68,69)(H,70,71)/t60-,61+/m1/s1. The molecule has 0 aliphatic carbocycles. The summed E-state index contributed by atoms with van der Waals surface area (Å²) in [6.07, 6.45) is 87.9. The number of hydrogen-bond acceptors (Lipinski definition) is 9. The number of carbonyl (C=O) groups excluding carboxylic acids is 2. The summed E-state index contributed by atoms with van der Waals surface area (Å²) in [5.74, 6) is -2.74. The van der Waals surface area contributed by atoms with Crippen LogP contribution in [-0.2, 0) is 37.5 Å². The Morgan fingerprint density at radius 1 is 0.382 bits per heavy atom. The van der Waals surface area contributed by atoms with Crippen molar-refractivity contribution < 1.29 is 47.5 Å². The fourth-order valence-corrected chi connectivity index (χ4v) is 6.61. The number of rotatable bonds is 46. The van der Waals surface area contributed by atoms with E-state index < -0.39 is 57.7 Å². The van der Waals surface area contributed by atoms with Crippen LogP contribution in [0.15, 0.2) is 219 Å². The number of aliphatic carboxylic acids is 1. The molecule has 0 saturated heterocycles. The Bertz CT molecular complexity index is 2120. The molecule has 76 heavy (non-hydrogen) atoms. The fraction of sp³-hybridized carbons (Fsp3) is 0.391. The third-order valence-electron chi connectivity index (χ3n) is 9.95. The first-order chi connectivity index (χ1) is 37.1. The molecule has 0 rings (SSSR count). The first-order valence-electron chi connectivity index (χ1n) is 26.7. The van der Waals surface area contributed by atoms with Gasteiger partial charge in [-0.3, -0.25) is 23.4 Å². The molecule has 1 unspecified atom stereocenters. The highest BCUT2D eigenvalue weighted by Crippen LogP contribution is 2.43. The SMILES string of the molecule is CC=CCC=CCC=CCC=CCC=CCC=CCC=CCC=CCC=CCC(=O)OC[C@H](COP(=O)(O)OC[C@H](N)C(=O)O)OC(=O)CC=CCC=CCC=CCC=CCC=CCC=CCC=CCC=CCC=CC. The van der Waals surface area contributed by atoms with Gasteiger partial charge < -0.3 is 25.2 Å². The normalized spacial score (nSPS) is 15.1. The summed E-state index contributed by atoms with van der Waals surface area (Å²) < 4.78 is 32.6. The van der Waals surface area contributed by atoms with Gasteiger partial charge in [-0.15, -0.1) is 0 Å². The van der Waals surface area contributed by atoms with Crippen LogP contribution in [0.2, 0.25) is 0 Å². The largest absolute Gasteiger partial charge is 0.480 e. The third kappa shape index (κ3) is 54.1. The molecule has 0 radical (unpaired) electrons. The van der Waals surface area contributed by atoms with Crippen molar-refractivity contribution in [3.8, 4) is 0 Å². The van der Waals surface area contributed by atoms with Crippen molar-refractivity contribution in [2.24, 2.45) is 5.73 Å². The lowest BCUT2D eigenvalue weighted by Crippen LogP contribution is -2.34. The highest BCUT2D eigenvalue weighted by atomic mass is 31.2. The molecule has 0 heterocycles. The Balaban J connectivity index is 4.57. The molecule has 0 saturated carbocycles. The molecular weight excluding hydrogens is 974 g/mol. The maximum Gasteiger partial charge on any atom is 0.472 e. The van der Waals surface area contributed by atoms with Gasteiger partial charge in [-0.25, -0.2) is 4.57 Å². The van der Waals surface area contributed by atoms with Gasteiger partial charge in [0.25, 0.3) is 0 Å². The van der Waals surface area contributed by atoms with E-state index in [0.29, 0.717) is 12.8 Å². The summed E-state index contributed by atoms with van der Waals surface area (Å²) in [6.45, 7) is 2.13. The summed E-state index contributed by atoms with van der Waals surface area (Å²) in [5, 5.41) is 8.93. The number of carboxylic acids is 1. The average Bonchev–Trinajstić information content (AvgIpc) is 3.40. The summed E-state index contributed by atoms with van der Waals surface area (Å²) >= 11 is 0. The van der Waals surface area contributed by atoms with Gasteiger partial charge >= 0.3 is 25.7 Å². The van der Waals surface area contributed by atoms with Gasteiger partial charge in [-0.05, 0) is 117 Å². The minimum Gasteiger partial charge on any atom is -0.480 e. The second-order valence-corrected chi connectivity index (χ2v) is 18.1. The zero-order valence-corrected chi connectivity index (χ0v) is 46.4. The smallest absolute Gasteiger partial charge is 0.472 e. The van der Waals surface area contributed by atoms with E-state index in [1.165, 1.54) is 0 Å². The predicted octanol–water partition coefficient (Wildman–Crippen LogP) is 16.1. The van der Waals surface area contributed by atoms with Crippen LogP contribution >= 0.6 is 7.82 Å². The summed E-state index contributed by atoms with van der Waals surface area (Å²) in [4.78, 5) is 46.1. The molecule has 416 valence electrons. The van der Waals surface area contributed by atoms with Gasteiger partial charge in [0.1, 0.15) is 12.6 Å². The van der Waals surface area contributed by atoms with E-state index in [4.69, 9.17) is 24.8 Å². The van der Waals surface area contributed by atoms with Crippen molar-refractivity contribution in [1.82, 2.24) is 0 Å². The van der Waals surface area contributed by atoms with Gasteiger partial charge in [0.15, 0.2) is 6.10 Å². The van der Waals surface area contributed by atoms with Crippen LogP contribution in [0.25, 0.3) is 0 Å². The monoisotopic (exact) mass is 1060 g/mol. The Morgan fingerprint density at radius 3 is 0.882 bits per heavy atom. The second kappa shape index (κ2) is 55.0. The fourth-order valence-electron chi connectivity index (χ4n) is 5.83. The van der Waals surface area contributed by atoms with Crippen LogP contribution in [0.3, 0.4) is 0 Å². The maximum absolute atomic E-state index is 12.7. The molecule has 3 atom stereocenters. The Kier molecular flexibility index (Phi) is 50.6. The van der Waals surface area contributed by atoms with Crippen molar-refractivity contribution in [3.63, 3.8) is 0 Å². The molecule has 0 amide bonds. The Morgan fingerprint density at radius 2 is 0.618 bits per heavy atom. The van der Waals surface area contributed by atoms with Crippen molar-refractivity contribution in [3.05, 3.63) is 219 Å². The van der Waals surface area contributed by atoms with E-state index in [0.717, 1.165) is 89.9 Å². The number of carbonyl (C=O) groups is 3. The molecule has 4 N–H and O–H groups in total. The van der Waals surface area contributed by atoms with Gasteiger partial charge in [-0.1, -0.05) is 219 Å². The molecule has 0 aromatic carbocycles. The molecule has 0 bridgehead atoms. The number of carboxylic acid groups (broad SMARTS) is 1. The molecule has 0 aliphatic rings. The molecule has 0 spiro atoms. The third-order valence-corrected chi connectivity index (χ3v) is 10.9. The second-order valence-electron chi connectivity index (χ2n) is 16.7. The van der Waals surface area contributed by atoms with Crippen molar-refractivity contribution >= 4 is 25.7 Å². The summed E-state index contributed by atoms with van der Waals surface area (Å²) in [5.41, 5.74) is 5.34. The number of allylic oxidation sites excluding steroid dienone is 34. The quantitative estimate of drug-likeness (QED) is 0.0301. The summed E-state index contributed by atoms with van der Waals surface area (Å²) in [7, 11) is -4.79. The zero-order valence-electron chi connectivity index (χ0n) is 45.5. The van der Waals surface area contributed by atoms with E-state index in [1.807, 2.05) is 44.2 Å². The molecule has 0 aromatic heterocycles. The zero-order chi connectivity index (χ0) is 55.5. The van der Waals surface area contributed by atoms with Crippen LogP contribution < -0.4 is 5.73 Å². The first-order valence-corrected chi connectivity index (χ1v) is 28.2. The van der Waals surface area contributed by atoms with E-state index in [9.17, 15) is 23.8 Å². The number of phosphoric acid groups is 1.